The zero-order valence-corrected chi connectivity index (χ0v) is 10.3. The molecule has 0 amide bonds. The van der Waals surface area contributed by atoms with E-state index in [1.165, 1.54) is 45.3 Å². The number of hydrogen-bond acceptors (Lipinski definition) is 2. The van der Waals surface area contributed by atoms with Crippen LogP contribution >= 0.6 is 0 Å². The molecule has 1 aliphatic heterocycles. The van der Waals surface area contributed by atoms with E-state index in [0.717, 1.165) is 13.1 Å². The molecule has 14 heavy (non-hydrogen) atoms. The Morgan fingerprint density at radius 3 is 2.07 bits per heavy atom. The van der Waals surface area contributed by atoms with Crippen molar-refractivity contribution >= 4 is 0 Å². The maximum absolute atomic E-state index is 3.35. The van der Waals surface area contributed by atoms with Crippen LogP contribution < -0.4 is 5.32 Å². The van der Waals surface area contributed by atoms with Crippen molar-refractivity contribution in [2.24, 2.45) is 0 Å². The van der Waals surface area contributed by atoms with Gasteiger partial charge in [0.05, 0.1) is 0 Å². The predicted octanol–water partition coefficient (Wildman–Crippen LogP) is 2.50. The van der Waals surface area contributed by atoms with E-state index in [9.17, 15) is 0 Å². The van der Waals surface area contributed by atoms with Gasteiger partial charge in [-0.15, -0.1) is 0 Å². The van der Waals surface area contributed by atoms with Gasteiger partial charge in [-0.1, -0.05) is 33.6 Å². The summed E-state index contributed by atoms with van der Waals surface area (Å²) in [4.78, 5) is 2.56. The van der Waals surface area contributed by atoms with E-state index in [2.05, 4.69) is 31.0 Å². The molecular weight excluding hydrogens is 172 g/mol. The highest BCUT2D eigenvalue weighted by atomic mass is 15.1. The van der Waals surface area contributed by atoms with Gasteiger partial charge in [-0.25, -0.2) is 0 Å². The quantitative estimate of drug-likeness (QED) is 0.701. The second-order valence-corrected chi connectivity index (χ2v) is 3.96. The molecule has 2 nitrogen and oxygen atoms in total. The summed E-state index contributed by atoms with van der Waals surface area (Å²) in [5, 5.41) is 3.35. The molecule has 0 aromatic heterocycles. The molecular formula is C12H28N2. The highest BCUT2D eigenvalue weighted by Gasteiger charge is 2.07. The van der Waals surface area contributed by atoms with Gasteiger partial charge in [-0.05, 0) is 32.5 Å². The third kappa shape index (κ3) is 8.52. The summed E-state index contributed by atoms with van der Waals surface area (Å²) in [7, 11) is 0. The summed E-state index contributed by atoms with van der Waals surface area (Å²) in [6, 6.07) is 0. The lowest BCUT2D eigenvalue weighted by Crippen LogP contribution is -2.35. The molecule has 1 heterocycles. The fraction of sp³-hybridized carbons (Fsp3) is 1.00. The standard InChI is InChI=1S/C9H20N2.C3H8/c1-2-10-6-9-11-7-4-3-5-8-11;1-3-2/h10H,2-9H2,1H3;3H2,1-2H3. The van der Waals surface area contributed by atoms with Gasteiger partial charge in [0.2, 0.25) is 0 Å². The topological polar surface area (TPSA) is 15.3 Å². The fourth-order valence-electron chi connectivity index (χ4n) is 1.60. The molecule has 1 saturated heterocycles. The van der Waals surface area contributed by atoms with Crippen LogP contribution in [0, 0.1) is 0 Å². The van der Waals surface area contributed by atoms with Crippen LogP contribution in [0.1, 0.15) is 46.5 Å². The molecule has 1 N–H and O–H groups in total. The van der Waals surface area contributed by atoms with Gasteiger partial charge in [0.25, 0.3) is 0 Å². The van der Waals surface area contributed by atoms with Gasteiger partial charge >= 0.3 is 0 Å². The number of hydrogen-bond donors (Lipinski definition) is 1. The largest absolute Gasteiger partial charge is 0.316 e. The van der Waals surface area contributed by atoms with Crippen molar-refractivity contribution in [1.82, 2.24) is 10.2 Å². The van der Waals surface area contributed by atoms with Crippen molar-refractivity contribution in [2.45, 2.75) is 46.5 Å². The summed E-state index contributed by atoms with van der Waals surface area (Å²) in [5.74, 6) is 0. The molecule has 1 aliphatic rings. The van der Waals surface area contributed by atoms with Crippen molar-refractivity contribution < 1.29 is 0 Å². The van der Waals surface area contributed by atoms with Crippen molar-refractivity contribution in [2.75, 3.05) is 32.7 Å². The molecule has 0 spiro atoms. The molecule has 1 fully saturated rings. The van der Waals surface area contributed by atoms with Crippen LogP contribution in [0.3, 0.4) is 0 Å². The van der Waals surface area contributed by atoms with Gasteiger partial charge in [0.15, 0.2) is 0 Å². The zero-order chi connectivity index (χ0) is 10.6. The van der Waals surface area contributed by atoms with Crippen molar-refractivity contribution in [3.05, 3.63) is 0 Å². The van der Waals surface area contributed by atoms with Gasteiger partial charge in [0.1, 0.15) is 0 Å². The molecule has 1 rings (SSSR count). The molecule has 0 aromatic carbocycles. The summed E-state index contributed by atoms with van der Waals surface area (Å²) in [6.07, 6.45) is 5.51. The Labute approximate surface area is 90.1 Å². The van der Waals surface area contributed by atoms with Gasteiger partial charge in [0, 0.05) is 13.1 Å². The Hall–Kier alpha value is -0.0800. The first-order valence-electron chi connectivity index (χ1n) is 6.28. The summed E-state index contributed by atoms with van der Waals surface area (Å²) >= 11 is 0. The van der Waals surface area contributed by atoms with Crippen LogP contribution in [0.5, 0.6) is 0 Å². The van der Waals surface area contributed by atoms with E-state index in [1.54, 1.807) is 0 Å². The highest BCUT2D eigenvalue weighted by molar-refractivity contribution is 4.64. The monoisotopic (exact) mass is 200 g/mol. The number of piperidine rings is 1. The van der Waals surface area contributed by atoms with E-state index >= 15 is 0 Å². The molecule has 0 atom stereocenters. The SMILES string of the molecule is CCC.CCNCCN1CCCCC1. The van der Waals surface area contributed by atoms with E-state index in [0.29, 0.717) is 0 Å². The molecule has 2 heteroatoms. The van der Waals surface area contributed by atoms with Crippen molar-refractivity contribution in [1.29, 1.82) is 0 Å². The number of nitrogens with zero attached hydrogens (tertiary/aromatic N) is 1. The molecule has 0 saturated carbocycles. The average molecular weight is 200 g/mol. The maximum atomic E-state index is 3.35. The van der Waals surface area contributed by atoms with Crippen LogP contribution in [-0.2, 0) is 0 Å². The average Bonchev–Trinajstić information content (AvgIpc) is 2.21. The lowest BCUT2D eigenvalue weighted by Gasteiger charge is -2.26. The molecule has 86 valence electrons. The highest BCUT2D eigenvalue weighted by Crippen LogP contribution is 2.06. The number of likely N-dealkylation sites (N-methyl/N-ethyl adjacent to an activating group) is 1. The van der Waals surface area contributed by atoms with Crippen LogP contribution in [0.2, 0.25) is 0 Å². The smallest absolute Gasteiger partial charge is 0.0107 e. The molecule has 0 bridgehead atoms. The van der Waals surface area contributed by atoms with Gasteiger partial charge in [-0.3, -0.25) is 0 Å². The minimum atomic E-state index is 1.10. The minimum Gasteiger partial charge on any atom is -0.316 e. The second-order valence-electron chi connectivity index (χ2n) is 3.96. The van der Waals surface area contributed by atoms with E-state index in [-0.39, 0.29) is 0 Å². The Bertz CT molecular complexity index is 98.5. The first-order valence-corrected chi connectivity index (χ1v) is 6.28. The van der Waals surface area contributed by atoms with Crippen LogP contribution in [0.4, 0.5) is 0 Å². The van der Waals surface area contributed by atoms with Gasteiger partial charge in [-0.2, -0.15) is 0 Å². The van der Waals surface area contributed by atoms with E-state index in [1.807, 2.05) is 0 Å². The van der Waals surface area contributed by atoms with E-state index < -0.39 is 0 Å². The van der Waals surface area contributed by atoms with Crippen LogP contribution in [-0.4, -0.2) is 37.6 Å². The lowest BCUT2D eigenvalue weighted by atomic mass is 10.1. The fourth-order valence-corrected chi connectivity index (χ4v) is 1.60. The van der Waals surface area contributed by atoms with Crippen LogP contribution in [0.25, 0.3) is 0 Å². The normalized spacial score (nSPS) is 17.4. The summed E-state index contributed by atoms with van der Waals surface area (Å²) in [5.41, 5.74) is 0. The number of nitrogens with one attached hydrogen (secondary N) is 1. The molecule has 0 unspecified atom stereocenters. The van der Waals surface area contributed by atoms with Gasteiger partial charge < -0.3 is 10.2 Å². The van der Waals surface area contributed by atoms with Crippen molar-refractivity contribution in [3.63, 3.8) is 0 Å². The Morgan fingerprint density at radius 2 is 1.57 bits per heavy atom. The maximum Gasteiger partial charge on any atom is 0.0107 e. The first kappa shape index (κ1) is 13.9. The Morgan fingerprint density at radius 1 is 1.00 bits per heavy atom. The molecule has 0 radical (unpaired) electrons. The zero-order valence-electron chi connectivity index (χ0n) is 10.3. The predicted molar refractivity (Wildman–Crippen MR) is 64.8 cm³/mol. The number of rotatable bonds is 4. The van der Waals surface area contributed by atoms with Crippen molar-refractivity contribution in [3.8, 4) is 0 Å². The molecule has 0 aliphatic carbocycles. The minimum absolute atomic E-state index is 1.10. The Balaban J connectivity index is 0.000000500. The van der Waals surface area contributed by atoms with Crippen LogP contribution in [0.15, 0.2) is 0 Å². The summed E-state index contributed by atoms with van der Waals surface area (Å²) in [6.45, 7) is 12.6. The first-order chi connectivity index (χ1) is 6.85. The third-order valence-corrected chi connectivity index (χ3v) is 2.30. The lowest BCUT2D eigenvalue weighted by molar-refractivity contribution is 0.229. The summed E-state index contributed by atoms with van der Waals surface area (Å²) < 4.78 is 0. The Kier molecular flexibility index (Phi) is 10.9. The second kappa shape index (κ2) is 11.0. The van der Waals surface area contributed by atoms with E-state index in [4.69, 9.17) is 0 Å². The molecule has 0 aromatic rings. The third-order valence-electron chi connectivity index (χ3n) is 2.30. The number of likely N-dealkylation sites (tertiary alicyclic amines) is 1.